The number of benzene rings is 1. The molecule has 0 saturated heterocycles. The summed E-state index contributed by atoms with van der Waals surface area (Å²) in [5.41, 5.74) is 0. The van der Waals surface area contributed by atoms with Gasteiger partial charge in [0.1, 0.15) is 0 Å². The van der Waals surface area contributed by atoms with Crippen molar-refractivity contribution in [2.24, 2.45) is 0 Å². The Kier molecular flexibility index (Phi) is 4.04. The minimum Gasteiger partial charge on any atom is -0.465 e. The lowest BCUT2D eigenvalue weighted by molar-refractivity contribution is 0.0606. The normalized spacial score (nSPS) is 10.2. The van der Waals surface area contributed by atoms with Gasteiger partial charge in [-0.2, -0.15) is 0 Å². The number of hydrogen-bond acceptors (Lipinski definition) is 5. The Bertz CT molecular complexity index is 528. The maximum absolute atomic E-state index is 11.4. The van der Waals surface area contributed by atoms with Gasteiger partial charge in [0.25, 0.3) is 0 Å². The van der Waals surface area contributed by atoms with E-state index in [2.05, 4.69) is 9.72 Å². The standard InChI is InChI=1S/C11H8ClNO2S2/c1-15-10(14)8-9(12)13-11(17-8)16-7-5-3-2-4-6-7/h2-6H,1H3. The van der Waals surface area contributed by atoms with Gasteiger partial charge in [-0.25, -0.2) is 9.78 Å². The summed E-state index contributed by atoms with van der Waals surface area (Å²) >= 11 is 8.57. The van der Waals surface area contributed by atoms with Gasteiger partial charge in [-0.3, -0.25) is 0 Å². The van der Waals surface area contributed by atoms with Crippen LogP contribution in [-0.4, -0.2) is 18.1 Å². The van der Waals surface area contributed by atoms with E-state index in [9.17, 15) is 4.79 Å². The molecule has 1 aromatic heterocycles. The number of thiazole rings is 1. The van der Waals surface area contributed by atoms with E-state index >= 15 is 0 Å². The van der Waals surface area contributed by atoms with Gasteiger partial charge in [0.15, 0.2) is 14.4 Å². The van der Waals surface area contributed by atoms with E-state index in [0.717, 1.165) is 9.24 Å². The molecule has 0 bridgehead atoms. The van der Waals surface area contributed by atoms with Gasteiger partial charge in [0.05, 0.1) is 7.11 Å². The van der Waals surface area contributed by atoms with Crippen molar-refractivity contribution in [2.75, 3.05) is 7.11 Å². The molecule has 0 amide bonds. The molecule has 0 unspecified atom stereocenters. The van der Waals surface area contributed by atoms with Gasteiger partial charge < -0.3 is 4.74 Å². The molecule has 0 saturated carbocycles. The summed E-state index contributed by atoms with van der Waals surface area (Å²) < 4.78 is 5.34. The zero-order valence-corrected chi connectivity index (χ0v) is 11.2. The van der Waals surface area contributed by atoms with Gasteiger partial charge in [-0.05, 0) is 12.1 Å². The third-order valence-electron chi connectivity index (χ3n) is 1.89. The largest absolute Gasteiger partial charge is 0.465 e. The minimum atomic E-state index is -0.451. The van der Waals surface area contributed by atoms with Crippen LogP contribution in [0.3, 0.4) is 0 Å². The lowest BCUT2D eigenvalue weighted by Crippen LogP contribution is -1.98. The van der Waals surface area contributed by atoms with Crippen LogP contribution in [0.1, 0.15) is 9.67 Å². The molecule has 1 heterocycles. The first-order valence-electron chi connectivity index (χ1n) is 4.68. The molecule has 3 nitrogen and oxygen atoms in total. The van der Waals surface area contributed by atoms with Crippen LogP contribution in [0.2, 0.25) is 5.15 Å². The Labute approximate surface area is 112 Å². The number of carbonyl (C=O) groups is 1. The SMILES string of the molecule is COC(=O)c1sc(Sc2ccccc2)nc1Cl. The summed E-state index contributed by atoms with van der Waals surface area (Å²) in [6.45, 7) is 0. The fourth-order valence-electron chi connectivity index (χ4n) is 1.13. The first kappa shape index (κ1) is 12.4. The van der Waals surface area contributed by atoms with E-state index in [4.69, 9.17) is 11.6 Å². The molecule has 2 rings (SSSR count). The van der Waals surface area contributed by atoms with Crippen LogP contribution < -0.4 is 0 Å². The Morgan fingerprint density at radius 3 is 2.76 bits per heavy atom. The summed E-state index contributed by atoms with van der Waals surface area (Å²) in [6, 6.07) is 9.77. The van der Waals surface area contributed by atoms with Gasteiger partial charge >= 0.3 is 5.97 Å². The van der Waals surface area contributed by atoms with Gasteiger partial charge in [0.2, 0.25) is 0 Å². The molecular formula is C11H8ClNO2S2. The Hall–Kier alpha value is -1.04. The van der Waals surface area contributed by atoms with Crippen molar-refractivity contribution in [3.63, 3.8) is 0 Å². The fourth-order valence-corrected chi connectivity index (χ4v) is 3.46. The van der Waals surface area contributed by atoms with E-state index in [-0.39, 0.29) is 5.15 Å². The van der Waals surface area contributed by atoms with Crippen molar-refractivity contribution in [3.05, 3.63) is 40.4 Å². The summed E-state index contributed by atoms with van der Waals surface area (Å²) in [5, 5.41) is 0.195. The van der Waals surface area contributed by atoms with Crippen LogP contribution in [0, 0.1) is 0 Å². The average molecular weight is 286 g/mol. The smallest absolute Gasteiger partial charge is 0.351 e. The predicted molar refractivity (Wildman–Crippen MR) is 69.0 cm³/mol. The summed E-state index contributed by atoms with van der Waals surface area (Å²) in [7, 11) is 1.32. The highest BCUT2D eigenvalue weighted by Crippen LogP contribution is 2.34. The van der Waals surface area contributed by atoms with E-state index in [1.807, 2.05) is 30.3 Å². The molecule has 2 aromatic rings. The molecule has 6 heteroatoms. The lowest BCUT2D eigenvalue weighted by atomic mass is 10.4. The predicted octanol–water partition coefficient (Wildman–Crippen LogP) is 3.73. The van der Waals surface area contributed by atoms with E-state index in [0.29, 0.717) is 4.88 Å². The maximum atomic E-state index is 11.4. The number of esters is 1. The van der Waals surface area contributed by atoms with Gasteiger partial charge in [-0.1, -0.05) is 52.9 Å². The summed E-state index contributed by atoms with van der Waals surface area (Å²) in [6.07, 6.45) is 0. The molecule has 0 aliphatic rings. The zero-order chi connectivity index (χ0) is 12.3. The molecule has 0 fully saturated rings. The molecule has 0 aliphatic heterocycles. The van der Waals surface area contributed by atoms with Crippen molar-refractivity contribution in [2.45, 2.75) is 9.24 Å². The highest BCUT2D eigenvalue weighted by atomic mass is 35.5. The number of hydrogen-bond donors (Lipinski definition) is 0. The Morgan fingerprint density at radius 2 is 2.12 bits per heavy atom. The molecule has 1 aromatic carbocycles. The maximum Gasteiger partial charge on any atom is 0.351 e. The van der Waals surface area contributed by atoms with Gasteiger partial charge in [-0.15, -0.1) is 0 Å². The highest BCUT2D eigenvalue weighted by Gasteiger charge is 2.17. The highest BCUT2D eigenvalue weighted by molar-refractivity contribution is 8.01. The molecule has 0 radical (unpaired) electrons. The van der Waals surface area contributed by atoms with E-state index in [1.54, 1.807) is 0 Å². The van der Waals surface area contributed by atoms with Crippen LogP contribution in [0.5, 0.6) is 0 Å². The number of nitrogens with zero attached hydrogens (tertiary/aromatic N) is 1. The number of rotatable bonds is 3. The van der Waals surface area contributed by atoms with Crippen LogP contribution in [0.4, 0.5) is 0 Å². The van der Waals surface area contributed by atoms with Crippen molar-refractivity contribution < 1.29 is 9.53 Å². The van der Waals surface area contributed by atoms with Crippen molar-refractivity contribution in [1.82, 2.24) is 4.98 Å². The second kappa shape index (κ2) is 5.53. The first-order valence-corrected chi connectivity index (χ1v) is 6.69. The molecule has 0 aliphatic carbocycles. The molecule has 0 N–H and O–H groups in total. The monoisotopic (exact) mass is 285 g/mol. The van der Waals surface area contributed by atoms with Crippen LogP contribution in [0.15, 0.2) is 39.6 Å². The van der Waals surface area contributed by atoms with Crippen molar-refractivity contribution >= 4 is 40.7 Å². The number of halogens is 1. The van der Waals surface area contributed by atoms with Gasteiger partial charge in [0, 0.05) is 4.90 Å². The third kappa shape index (κ3) is 3.00. The van der Waals surface area contributed by atoms with Crippen LogP contribution in [-0.2, 0) is 4.74 Å². The Balaban J connectivity index is 2.21. The molecule has 0 spiro atoms. The molecular weight excluding hydrogens is 278 g/mol. The third-order valence-corrected chi connectivity index (χ3v) is 4.37. The average Bonchev–Trinajstić information content (AvgIpc) is 2.70. The number of ether oxygens (including phenoxy) is 1. The summed E-state index contributed by atoms with van der Waals surface area (Å²) in [4.78, 5) is 16.9. The molecule has 88 valence electrons. The minimum absolute atomic E-state index is 0.195. The zero-order valence-electron chi connectivity index (χ0n) is 8.84. The van der Waals surface area contributed by atoms with Crippen molar-refractivity contribution in [3.8, 4) is 0 Å². The fraction of sp³-hybridized carbons (Fsp3) is 0.0909. The Morgan fingerprint density at radius 1 is 1.41 bits per heavy atom. The molecule has 0 atom stereocenters. The lowest BCUT2D eigenvalue weighted by Gasteiger charge is -1.95. The second-order valence-electron chi connectivity index (χ2n) is 3.01. The quantitative estimate of drug-likeness (QED) is 0.806. The van der Waals surface area contributed by atoms with E-state index in [1.165, 1.54) is 30.2 Å². The summed E-state index contributed by atoms with van der Waals surface area (Å²) in [5.74, 6) is -0.451. The van der Waals surface area contributed by atoms with Crippen LogP contribution in [0.25, 0.3) is 0 Å². The topological polar surface area (TPSA) is 39.2 Å². The number of carbonyl (C=O) groups excluding carboxylic acids is 1. The molecule has 17 heavy (non-hydrogen) atoms. The first-order chi connectivity index (χ1) is 8.20. The number of methoxy groups -OCH3 is 1. The van der Waals surface area contributed by atoms with Crippen molar-refractivity contribution in [1.29, 1.82) is 0 Å². The van der Waals surface area contributed by atoms with E-state index < -0.39 is 5.97 Å². The second-order valence-corrected chi connectivity index (χ2v) is 5.68. The number of aromatic nitrogens is 1. The van der Waals surface area contributed by atoms with Crippen LogP contribution >= 0.6 is 34.7 Å².